The summed E-state index contributed by atoms with van der Waals surface area (Å²) in [6.07, 6.45) is 4.08. The lowest BCUT2D eigenvalue weighted by Gasteiger charge is -2.22. The number of anilines is 2. The van der Waals surface area contributed by atoms with Gasteiger partial charge in [0.1, 0.15) is 5.82 Å². The van der Waals surface area contributed by atoms with Gasteiger partial charge in [0, 0.05) is 30.0 Å². The molecule has 0 saturated carbocycles. The van der Waals surface area contributed by atoms with Crippen LogP contribution in [0.2, 0.25) is 5.02 Å². The fraction of sp³-hybridized carbons (Fsp3) is 0.120. The van der Waals surface area contributed by atoms with Crippen LogP contribution in [-0.4, -0.2) is 34.2 Å². The normalized spacial score (nSPS) is 12.5. The number of pyridine rings is 1. The summed E-state index contributed by atoms with van der Waals surface area (Å²) in [7, 11) is -3.47. The van der Waals surface area contributed by atoms with Crippen molar-refractivity contribution in [3.05, 3.63) is 88.1 Å². The monoisotopic (exact) mass is 552 g/mol. The number of nitrogens with two attached hydrogens (primary N) is 1. The number of sulfone groups is 1. The molecule has 0 aliphatic carbocycles. The molecular formula is C25H21ClN6O3S2. The molecule has 5 rings (SSSR count). The van der Waals surface area contributed by atoms with E-state index < -0.39 is 15.9 Å². The molecule has 0 spiro atoms. The van der Waals surface area contributed by atoms with Gasteiger partial charge in [0.15, 0.2) is 0 Å². The summed E-state index contributed by atoms with van der Waals surface area (Å²) in [6.45, 7) is 1.89. The zero-order valence-corrected chi connectivity index (χ0v) is 22.1. The number of hydrogen-bond donors (Lipinski definition) is 2. The van der Waals surface area contributed by atoms with Crippen molar-refractivity contribution in [1.29, 1.82) is 0 Å². The second-order valence-electron chi connectivity index (χ2n) is 8.37. The maximum Gasteiger partial charge on any atom is 0.264 e. The zero-order valence-electron chi connectivity index (χ0n) is 19.7. The summed E-state index contributed by atoms with van der Waals surface area (Å²) >= 11 is 7.43. The molecule has 0 amide bonds. The van der Waals surface area contributed by atoms with Gasteiger partial charge >= 0.3 is 0 Å². The molecule has 3 N–H and O–H groups in total. The van der Waals surface area contributed by atoms with E-state index in [9.17, 15) is 13.2 Å². The average molecular weight is 553 g/mol. The van der Waals surface area contributed by atoms with Gasteiger partial charge in [-0.25, -0.2) is 18.4 Å². The van der Waals surface area contributed by atoms with Crippen LogP contribution in [-0.2, 0) is 9.84 Å². The minimum absolute atomic E-state index is 0.0114. The van der Waals surface area contributed by atoms with E-state index in [0.717, 1.165) is 17.6 Å². The second-order valence-corrected chi connectivity index (χ2v) is 12.0. The molecule has 0 aliphatic heterocycles. The lowest BCUT2D eigenvalue weighted by molar-refractivity contribution is 0.601. The van der Waals surface area contributed by atoms with Crippen LogP contribution in [0.15, 0.2) is 76.1 Å². The Morgan fingerprint density at radius 2 is 1.84 bits per heavy atom. The van der Waals surface area contributed by atoms with Crippen molar-refractivity contribution >= 4 is 55.3 Å². The number of hydrogen-bond acceptors (Lipinski definition) is 9. The minimum atomic E-state index is -3.47. The highest BCUT2D eigenvalue weighted by molar-refractivity contribution is 7.92. The molecule has 3 heterocycles. The van der Waals surface area contributed by atoms with Crippen molar-refractivity contribution in [2.75, 3.05) is 17.3 Å². The van der Waals surface area contributed by atoms with Gasteiger partial charge in [-0.3, -0.25) is 9.36 Å². The number of para-hydroxylation sites is 1. The first-order valence-electron chi connectivity index (χ1n) is 11.1. The summed E-state index contributed by atoms with van der Waals surface area (Å²) in [4.78, 5) is 26.7. The van der Waals surface area contributed by atoms with Gasteiger partial charge in [-0.15, -0.1) is 11.3 Å². The van der Waals surface area contributed by atoms with Gasteiger partial charge in [-0.05, 0) is 36.6 Å². The number of nitrogens with one attached hydrogen (secondary N) is 1. The van der Waals surface area contributed by atoms with Gasteiger partial charge in [-0.2, -0.15) is 4.98 Å². The summed E-state index contributed by atoms with van der Waals surface area (Å²) in [6, 6.07) is 16.1. The zero-order chi connectivity index (χ0) is 26.3. The van der Waals surface area contributed by atoms with E-state index in [1.54, 1.807) is 16.7 Å². The Balaban J connectivity index is 1.65. The number of halogens is 1. The van der Waals surface area contributed by atoms with Crippen molar-refractivity contribution < 1.29 is 8.42 Å². The molecule has 5 aromatic rings. The summed E-state index contributed by atoms with van der Waals surface area (Å²) in [5.41, 5.74) is 7.52. The predicted molar refractivity (Wildman–Crippen MR) is 147 cm³/mol. The Bertz CT molecular complexity index is 1800. The number of rotatable bonds is 6. The van der Waals surface area contributed by atoms with Crippen molar-refractivity contribution in [1.82, 2.24) is 19.5 Å². The molecular weight excluding hydrogens is 532 g/mol. The van der Waals surface area contributed by atoms with Crippen LogP contribution in [0.1, 0.15) is 18.7 Å². The molecule has 0 aliphatic rings. The molecule has 0 bridgehead atoms. The van der Waals surface area contributed by atoms with E-state index in [1.165, 1.54) is 12.4 Å². The summed E-state index contributed by atoms with van der Waals surface area (Å²) in [5, 5.41) is 4.84. The molecule has 2 aromatic carbocycles. The average Bonchev–Trinajstić information content (AvgIpc) is 3.35. The molecule has 188 valence electrons. The maximum atomic E-state index is 13.7. The number of benzene rings is 2. The highest BCUT2D eigenvalue weighted by atomic mass is 35.5. The maximum absolute atomic E-state index is 13.7. The van der Waals surface area contributed by atoms with Crippen LogP contribution in [0.3, 0.4) is 0 Å². The van der Waals surface area contributed by atoms with Crippen LogP contribution in [0.25, 0.3) is 26.9 Å². The molecule has 0 radical (unpaired) electrons. The number of thiazole rings is 1. The van der Waals surface area contributed by atoms with Crippen molar-refractivity contribution in [2.45, 2.75) is 17.3 Å². The number of nitrogens with zero attached hydrogens (tertiary/aromatic N) is 4. The highest BCUT2D eigenvalue weighted by Gasteiger charge is 2.21. The lowest BCUT2D eigenvalue weighted by atomic mass is 10.1. The summed E-state index contributed by atoms with van der Waals surface area (Å²) in [5.74, 6) is 0.416. The van der Waals surface area contributed by atoms with Crippen LogP contribution < -0.4 is 16.6 Å². The van der Waals surface area contributed by atoms with Crippen molar-refractivity contribution in [2.24, 2.45) is 0 Å². The first kappa shape index (κ1) is 24.9. The fourth-order valence-electron chi connectivity index (χ4n) is 4.02. The van der Waals surface area contributed by atoms with Gasteiger partial charge < -0.3 is 11.1 Å². The Kier molecular flexibility index (Phi) is 6.44. The van der Waals surface area contributed by atoms with Crippen LogP contribution in [0, 0.1) is 0 Å². The van der Waals surface area contributed by atoms with Gasteiger partial charge in [0.25, 0.3) is 5.56 Å². The van der Waals surface area contributed by atoms with E-state index in [0.29, 0.717) is 43.4 Å². The third-order valence-corrected chi connectivity index (χ3v) is 8.75. The third kappa shape index (κ3) is 4.80. The Labute approximate surface area is 221 Å². The molecule has 37 heavy (non-hydrogen) atoms. The van der Waals surface area contributed by atoms with Crippen molar-refractivity contribution in [3.63, 3.8) is 0 Å². The number of nitrogen functional groups attached to an aromatic ring is 1. The number of aromatic nitrogens is 4. The SMILES string of the molecule is C[C@H](Nc1nc(N)ncc1-c1cnc(S(C)(=O)=O)s1)c1cc2cccc(Cl)c2c(=O)n1-c1ccccc1. The summed E-state index contributed by atoms with van der Waals surface area (Å²) < 4.78 is 25.5. The van der Waals surface area contributed by atoms with Crippen LogP contribution in [0.4, 0.5) is 11.8 Å². The molecule has 12 heteroatoms. The molecule has 0 unspecified atom stereocenters. The largest absolute Gasteiger partial charge is 0.368 e. The first-order chi connectivity index (χ1) is 17.6. The quantitative estimate of drug-likeness (QED) is 0.309. The minimum Gasteiger partial charge on any atom is -0.368 e. The van der Waals surface area contributed by atoms with Crippen LogP contribution in [0.5, 0.6) is 0 Å². The molecule has 3 aromatic heterocycles. The topological polar surface area (TPSA) is 133 Å². The van der Waals surface area contributed by atoms with E-state index >= 15 is 0 Å². The van der Waals surface area contributed by atoms with E-state index in [1.807, 2.05) is 49.4 Å². The standard InChI is InChI=1S/C25H21ClN6O3S2/c1-14(30-22-17(12-28-24(27)31-22)20-13-29-25(36-20)37(2,34)35)19-11-15-7-6-10-18(26)21(15)23(33)32(19)16-8-4-3-5-9-16/h3-14H,1-2H3,(H3,27,28,30,31)/t14-/m0/s1. The fourth-order valence-corrected chi connectivity index (χ4v) is 6.06. The van der Waals surface area contributed by atoms with Gasteiger partial charge in [-0.1, -0.05) is 41.9 Å². The van der Waals surface area contributed by atoms with E-state index in [4.69, 9.17) is 17.3 Å². The Morgan fingerprint density at radius 3 is 2.54 bits per heavy atom. The van der Waals surface area contributed by atoms with E-state index in [2.05, 4.69) is 20.3 Å². The smallest absolute Gasteiger partial charge is 0.264 e. The highest BCUT2D eigenvalue weighted by Crippen LogP contribution is 2.35. The third-order valence-electron chi connectivity index (χ3n) is 5.71. The Morgan fingerprint density at radius 1 is 1.08 bits per heavy atom. The van der Waals surface area contributed by atoms with Gasteiger partial charge in [0.05, 0.1) is 26.9 Å². The first-order valence-corrected chi connectivity index (χ1v) is 14.2. The molecule has 0 fully saturated rings. The lowest BCUT2D eigenvalue weighted by Crippen LogP contribution is -2.26. The molecule has 9 nitrogen and oxygen atoms in total. The second kappa shape index (κ2) is 9.58. The van der Waals surface area contributed by atoms with Crippen LogP contribution >= 0.6 is 22.9 Å². The van der Waals surface area contributed by atoms with E-state index in [-0.39, 0.29) is 15.8 Å². The molecule has 0 saturated heterocycles. The van der Waals surface area contributed by atoms with Crippen molar-refractivity contribution in [3.8, 4) is 16.1 Å². The van der Waals surface area contributed by atoms with Gasteiger partial charge in [0.2, 0.25) is 20.1 Å². The Hall–Kier alpha value is -3.80. The number of fused-ring (bicyclic) bond motifs is 1. The predicted octanol–water partition coefficient (Wildman–Crippen LogP) is 4.72. The molecule has 1 atom stereocenters.